The third-order valence-corrected chi connectivity index (χ3v) is 7.24. The third kappa shape index (κ3) is 5.21. The molecular formula is C25H32ClN5O4. The molecule has 0 saturated carbocycles. The van der Waals surface area contributed by atoms with Crippen LogP contribution >= 0.6 is 11.6 Å². The van der Waals surface area contributed by atoms with Gasteiger partial charge in [-0.2, -0.15) is 0 Å². The number of rotatable bonds is 6. The van der Waals surface area contributed by atoms with Gasteiger partial charge < -0.3 is 24.9 Å². The average Bonchev–Trinajstić information content (AvgIpc) is 3.13. The van der Waals surface area contributed by atoms with Crippen LogP contribution in [0.25, 0.3) is 0 Å². The van der Waals surface area contributed by atoms with Crippen molar-refractivity contribution in [3.8, 4) is 0 Å². The van der Waals surface area contributed by atoms with Gasteiger partial charge in [-0.25, -0.2) is 14.8 Å². The fourth-order valence-corrected chi connectivity index (χ4v) is 5.17. The van der Waals surface area contributed by atoms with Crippen molar-refractivity contribution in [1.82, 2.24) is 19.8 Å². The summed E-state index contributed by atoms with van der Waals surface area (Å²) in [5.41, 5.74) is 2.43. The third-order valence-electron chi connectivity index (χ3n) is 6.99. The zero-order valence-electron chi connectivity index (χ0n) is 20.3. The highest BCUT2D eigenvalue weighted by molar-refractivity contribution is 6.30. The number of halogens is 1. The van der Waals surface area contributed by atoms with Gasteiger partial charge in [-0.15, -0.1) is 0 Å². The van der Waals surface area contributed by atoms with Crippen LogP contribution in [-0.4, -0.2) is 80.7 Å². The highest BCUT2D eigenvalue weighted by Crippen LogP contribution is 2.42. The summed E-state index contributed by atoms with van der Waals surface area (Å²) in [4.78, 5) is 39.6. The van der Waals surface area contributed by atoms with Gasteiger partial charge in [0.25, 0.3) is 0 Å². The molecule has 2 N–H and O–H groups in total. The van der Waals surface area contributed by atoms with Crippen LogP contribution in [-0.2, 0) is 4.79 Å². The molecule has 2 heterocycles. The van der Waals surface area contributed by atoms with Gasteiger partial charge in [0.05, 0.1) is 17.7 Å². The Morgan fingerprint density at radius 2 is 1.80 bits per heavy atom. The maximum atomic E-state index is 13.7. The lowest BCUT2D eigenvalue weighted by Gasteiger charge is -2.38. The van der Waals surface area contributed by atoms with E-state index in [4.69, 9.17) is 11.6 Å². The van der Waals surface area contributed by atoms with Crippen molar-refractivity contribution in [3.63, 3.8) is 0 Å². The fraction of sp³-hybridized carbons (Fsp3) is 0.520. The van der Waals surface area contributed by atoms with Crippen molar-refractivity contribution in [3.05, 3.63) is 52.4 Å². The molecular weight excluding hydrogens is 470 g/mol. The van der Waals surface area contributed by atoms with Crippen LogP contribution < -0.4 is 4.90 Å². The molecule has 2 aliphatic rings. The van der Waals surface area contributed by atoms with E-state index < -0.39 is 18.1 Å². The Bertz CT molecular complexity index is 1070. The molecule has 1 saturated heterocycles. The van der Waals surface area contributed by atoms with E-state index in [9.17, 15) is 19.8 Å². The number of amides is 2. The summed E-state index contributed by atoms with van der Waals surface area (Å²) >= 11 is 6.05. The number of benzene rings is 1. The zero-order valence-corrected chi connectivity index (χ0v) is 21.0. The standard InChI is InChI=1S/C25H32ClN5O4/c1-15(2)31(25(34)35)13-19(17-4-6-18(26)7-5-17)24(33)30-10-8-29(9-11-30)23-21-16(3)12-20(32)22(21)27-14-28-23/h4-7,14-16,19-20,32H,8-13H2,1-3H3,(H,34,35)/t16-,19+,20-/m1/s1. The fourth-order valence-electron chi connectivity index (χ4n) is 5.04. The lowest BCUT2D eigenvalue weighted by Crippen LogP contribution is -2.52. The number of carboxylic acid groups (broad SMARTS) is 1. The van der Waals surface area contributed by atoms with Crippen LogP contribution in [0.3, 0.4) is 0 Å². The van der Waals surface area contributed by atoms with Crippen LogP contribution in [0, 0.1) is 0 Å². The molecule has 35 heavy (non-hydrogen) atoms. The van der Waals surface area contributed by atoms with Gasteiger partial charge in [0.2, 0.25) is 5.91 Å². The molecule has 1 aromatic heterocycles. The normalized spacial score (nSPS) is 20.6. The van der Waals surface area contributed by atoms with E-state index in [2.05, 4.69) is 21.8 Å². The number of aliphatic hydroxyl groups excluding tert-OH is 1. The van der Waals surface area contributed by atoms with Gasteiger partial charge >= 0.3 is 6.09 Å². The Balaban J connectivity index is 1.52. The molecule has 1 aromatic carbocycles. The van der Waals surface area contributed by atoms with Gasteiger partial charge in [-0.3, -0.25) is 4.79 Å². The SMILES string of the molecule is CC(C)N(C[C@H](C(=O)N1CCN(c2ncnc3c2[C@H](C)C[C@H]3O)CC1)c1ccc(Cl)cc1)C(=O)O. The minimum Gasteiger partial charge on any atom is -0.465 e. The molecule has 10 heteroatoms. The van der Waals surface area contributed by atoms with Crippen molar-refractivity contribution in [2.45, 2.75) is 51.2 Å². The average molecular weight is 502 g/mol. The summed E-state index contributed by atoms with van der Waals surface area (Å²) in [5, 5.41) is 20.6. The van der Waals surface area contributed by atoms with Gasteiger partial charge in [0.1, 0.15) is 12.1 Å². The van der Waals surface area contributed by atoms with Crippen LogP contribution in [0.15, 0.2) is 30.6 Å². The van der Waals surface area contributed by atoms with Crippen LogP contribution in [0.1, 0.15) is 62.0 Å². The number of nitrogens with zero attached hydrogens (tertiary/aromatic N) is 5. The van der Waals surface area contributed by atoms with Gasteiger partial charge in [-0.1, -0.05) is 30.7 Å². The lowest BCUT2D eigenvalue weighted by atomic mass is 9.96. The second-order valence-corrected chi connectivity index (χ2v) is 10.0. The van der Waals surface area contributed by atoms with E-state index in [0.29, 0.717) is 43.3 Å². The first kappa shape index (κ1) is 25.2. The Morgan fingerprint density at radius 3 is 2.40 bits per heavy atom. The van der Waals surface area contributed by atoms with E-state index in [1.807, 2.05) is 0 Å². The predicted molar refractivity (Wildman–Crippen MR) is 133 cm³/mol. The van der Waals surface area contributed by atoms with Crippen LogP contribution in [0.2, 0.25) is 5.02 Å². The van der Waals surface area contributed by atoms with E-state index in [0.717, 1.165) is 16.9 Å². The summed E-state index contributed by atoms with van der Waals surface area (Å²) < 4.78 is 0. The molecule has 1 aliphatic heterocycles. The van der Waals surface area contributed by atoms with Crippen molar-refractivity contribution >= 4 is 29.4 Å². The molecule has 0 unspecified atom stereocenters. The summed E-state index contributed by atoms with van der Waals surface area (Å²) in [6.45, 7) is 7.92. The first-order valence-corrected chi connectivity index (χ1v) is 12.4. The second kappa shape index (κ2) is 10.4. The Hall–Kier alpha value is -2.91. The summed E-state index contributed by atoms with van der Waals surface area (Å²) in [6, 6.07) is 6.77. The number of fused-ring (bicyclic) bond motifs is 1. The predicted octanol–water partition coefficient (Wildman–Crippen LogP) is 3.49. The first-order valence-electron chi connectivity index (χ1n) is 12.0. The number of aromatic nitrogens is 2. The largest absolute Gasteiger partial charge is 0.465 e. The molecule has 2 aromatic rings. The summed E-state index contributed by atoms with van der Waals surface area (Å²) in [6.07, 6.45) is 0.516. The molecule has 1 fully saturated rings. The van der Waals surface area contributed by atoms with E-state index in [-0.39, 0.29) is 24.4 Å². The molecule has 9 nitrogen and oxygen atoms in total. The molecule has 3 atom stereocenters. The van der Waals surface area contributed by atoms with Gasteiger partial charge in [0, 0.05) is 49.4 Å². The monoisotopic (exact) mass is 501 g/mol. The van der Waals surface area contributed by atoms with Gasteiger partial charge in [0.15, 0.2) is 0 Å². The highest BCUT2D eigenvalue weighted by Gasteiger charge is 2.36. The molecule has 4 rings (SSSR count). The van der Waals surface area contributed by atoms with Crippen molar-refractivity contribution in [2.24, 2.45) is 0 Å². The minimum atomic E-state index is -1.05. The van der Waals surface area contributed by atoms with E-state index in [1.54, 1.807) is 43.0 Å². The van der Waals surface area contributed by atoms with E-state index in [1.165, 1.54) is 11.2 Å². The maximum Gasteiger partial charge on any atom is 0.407 e. The molecule has 0 bridgehead atoms. The minimum absolute atomic E-state index is 0.0719. The Kier molecular flexibility index (Phi) is 7.47. The summed E-state index contributed by atoms with van der Waals surface area (Å²) in [5.74, 6) is 0.270. The van der Waals surface area contributed by atoms with Gasteiger partial charge in [-0.05, 0) is 43.9 Å². The lowest BCUT2D eigenvalue weighted by molar-refractivity contribution is -0.133. The summed E-state index contributed by atoms with van der Waals surface area (Å²) in [7, 11) is 0. The van der Waals surface area contributed by atoms with Crippen LogP contribution in [0.5, 0.6) is 0 Å². The Morgan fingerprint density at radius 1 is 1.14 bits per heavy atom. The molecule has 188 valence electrons. The maximum absolute atomic E-state index is 13.7. The molecule has 0 radical (unpaired) electrons. The first-order chi connectivity index (χ1) is 16.7. The number of carbonyl (C=O) groups is 2. The number of carbonyl (C=O) groups excluding carboxylic acids is 1. The number of hydrogen-bond acceptors (Lipinski definition) is 6. The van der Waals surface area contributed by atoms with Crippen molar-refractivity contribution < 1.29 is 19.8 Å². The number of hydrogen-bond donors (Lipinski definition) is 2. The molecule has 2 amide bonds. The topological polar surface area (TPSA) is 110 Å². The smallest absolute Gasteiger partial charge is 0.407 e. The van der Waals surface area contributed by atoms with Crippen LogP contribution in [0.4, 0.5) is 10.6 Å². The highest BCUT2D eigenvalue weighted by atomic mass is 35.5. The molecule has 1 aliphatic carbocycles. The zero-order chi connectivity index (χ0) is 25.3. The quantitative estimate of drug-likeness (QED) is 0.623. The number of aliphatic hydroxyl groups is 1. The Labute approximate surface area is 210 Å². The molecule has 0 spiro atoms. The second-order valence-electron chi connectivity index (χ2n) is 9.59. The number of anilines is 1. The van der Waals surface area contributed by atoms with E-state index >= 15 is 0 Å². The number of piperazine rings is 1. The van der Waals surface area contributed by atoms with Crippen molar-refractivity contribution in [1.29, 1.82) is 0 Å². The van der Waals surface area contributed by atoms with Crippen molar-refractivity contribution in [2.75, 3.05) is 37.6 Å².